The van der Waals surface area contributed by atoms with E-state index in [1.165, 1.54) is 0 Å². The molecule has 106 valence electrons. The molecule has 3 nitrogen and oxygen atoms in total. The summed E-state index contributed by atoms with van der Waals surface area (Å²) in [5, 5.41) is 0. The molecular formula is C11H19F3N2OS. The number of amides is 1. The van der Waals surface area contributed by atoms with Crippen molar-refractivity contribution in [2.45, 2.75) is 33.4 Å². The minimum absolute atomic E-state index is 0.0458. The molecule has 0 aromatic rings. The Kier molecular flexibility index (Phi) is 6.59. The number of nitrogens with zero attached hydrogens (tertiary/aromatic N) is 1. The third-order valence-electron chi connectivity index (χ3n) is 2.41. The van der Waals surface area contributed by atoms with Crippen LogP contribution in [0.1, 0.15) is 27.2 Å². The van der Waals surface area contributed by atoms with Crippen molar-refractivity contribution in [3.05, 3.63) is 0 Å². The Labute approximate surface area is 111 Å². The first-order valence-corrected chi connectivity index (χ1v) is 6.15. The molecule has 0 aliphatic rings. The summed E-state index contributed by atoms with van der Waals surface area (Å²) in [5.41, 5.74) is 5.44. The predicted molar refractivity (Wildman–Crippen MR) is 68.0 cm³/mol. The van der Waals surface area contributed by atoms with Gasteiger partial charge in [-0.15, -0.1) is 0 Å². The zero-order chi connectivity index (χ0) is 14.5. The number of alkyl halides is 3. The van der Waals surface area contributed by atoms with Gasteiger partial charge < -0.3 is 10.6 Å². The van der Waals surface area contributed by atoms with Crippen LogP contribution in [0.5, 0.6) is 0 Å². The van der Waals surface area contributed by atoms with Gasteiger partial charge in [-0.2, -0.15) is 13.2 Å². The maximum absolute atomic E-state index is 12.4. The Morgan fingerprint density at radius 3 is 2.17 bits per heavy atom. The predicted octanol–water partition coefficient (Wildman–Crippen LogP) is 2.35. The van der Waals surface area contributed by atoms with E-state index in [9.17, 15) is 18.0 Å². The summed E-state index contributed by atoms with van der Waals surface area (Å²) < 4.78 is 37.2. The molecule has 0 aromatic carbocycles. The van der Waals surface area contributed by atoms with Gasteiger partial charge in [-0.3, -0.25) is 4.79 Å². The van der Waals surface area contributed by atoms with Crippen LogP contribution in [-0.4, -0.2) is 35.1 Å². The van der Waals surface area contributed by atoms with Crippen LogP contribution in [0.25, 0.3) is 0 Å². The van der Waals surface area contributed by atoms with Crippen molar-refractivity contribution < 1.29 is 18.0 Å². The highest BCUT2D eigenvalue weighted by atomic mass is 32.1. The molecule has 0 bridgehead atoms. The SMILES string of the molecule is CCCN(CC(F)(F)F)C(=O)C(C(N)=S)C(C)C. The molecule has 0 radical (unpaired) electrons. The van der Waals surface area contributed by atoms with E-state index in [-0.39, 0.29) is 17.5 Å². The van der Waals surface area contributed by atoms with Gasteiger partial charge in [0, 0.05) is 6.54 Å². The Morgan fingerprint density at radius 1 is 1.39 bits per heavy atom. The third kappa shape index (κ3) is 5.66. The van der Waals surface area contributed by atoms with E-state index in [1.54, 1.807) is 20.8 Å². The number of halogens is 3. The van der Waals surface area contributed by atoms with Crippen LogP contribution in [0.3, 0.4) is 0 Å². The van der Waals surface area contributed by atoms with Gasteiger partial charge in [-0.1, -0.05) is 33.0 Å². The minimum Gasteiger partial charge on any atom is -0.393 e. The van der Waals surface area contributed by atoms with Crippen LogP contribution in [0.4, 0.5) is 13.2 Å². The molecule has 0 spiro atoms. The van der Waals surface area contributed by atoms with E-state index in [4.69, 9.17) is 18.0 Å². The molecular weight excluding hydrogens is 265 g/mol. The summed E-state index contributed by atoms with van der Waals surface area (Å²) in [7, 11) is 0. The lowest BCUT2D eigenvalue weighted by atomic mass is 9.94. The van der Waals surface area contributed by atoms with Crippen molar-refractivity contribution in [1.29, 1.82) is 0 Å². The molecule has 1 unspecified atom stereocenters. The molecule has 1 atom stereocenters. The quantitative estimate of drug-likeness (QED) is 0.762. The number of carbonyl (C=O) groups is 1. The molecule has 18 heavy (non-hydrogen) atoms. The first-order valence-electron chi connectivity index (χ1n) is 5.75. The van der Waals surface area contributed by atoms with Crippen LogP contribution in [0.2, 0.25) is 0 Å². The van der Waals surface area contributed by atoms with Crippen LogP contribution in [-0.2, 0) is 4.79 Å². The van der Waals surface area contributed by atoms with Crippen LogP contribution < -0.4 is 5.73 Å². The van der Waals surface area contributed by atoms with Crippen LogP contribution >= 0.6 is 12.2 Å². The van der Waals surface area contributed by atoms with E-state index >= 15 is 0 Å². The Balaban J connectivity index is 4.99. The van der Waals surface area contributed by atoms with E-state index in [2.05, 4.69) is 0 Å². The molecule has 2 N–H and O–H groups in total. The van der Waals surface area contributed by atoms with Crippen molar-refractivity contribution in [3.8, 4) is 0 Å². The first kappa shape index (κ1) is 17.2. The fourth-order valence-corrected chi connectivity index (χ4v) is 2.06. The summed E-state index contributed by atoms with van der Waals surface area (Å²) in [5.74, 6) is -1.70. The Morgan fingerprint density at radius 2 is 1.89 bits per heavy atom. The molecule has 1 amide bonds. The van der Waals surface area contributed by atoms with Crippen LogP contribution in [0, 0.1) is 11.8 Å². The molecule has 0 aliphatic carbocycles. The molecule has 0 fully saturated rings. The van der Waals surface area contributed by atoms with E-state index < -0.39 is 24.5 Å². The summed E-state index contributed by atoms with van der Waals surface area (Å²) in [6, 6.07) is 0. The van der Waals surface area contributed by atoms with Gasteiger partial charge >= 0.3 is 6.18 Å². The number of hydrogen-bond acceptors (Lipinski definition) is 2. The lowest BCUT2D eigenvalue weighted by Gasteiger charge is -2.29. The molecule has 0 saturated heterocycles. The van der Waals surface area contributed by atoms with Gasteiger partial charge in [0.2, 0.25) is 5.91 Å². The standard InChI is InChI=1S/C11H19F3N2OS/c1-4-5-16(6-11(12,13)14)10(17)8(7(2)3)9(15)18/h7-8H,4-6H2,1-3H3,(H2,15,18). The minimum atomic E-state index is -4.41. The smallest absolute Gasteiger partial charge is 0.393 e. The monoisotopic (exact) mass is 284 g/mol. The Bertz CT molecular complexity index is 305. The van der Waals surface area contributed by atoms with Gasteiger partial charge in [0.1, 0.15) is 6.54 Å². The van der Waals surface area contributed by atoms with Gasteiger partial charge in [0.05, 0.1) is 10.9 Å². The topological polar surface area (TPSA) is 46.3 Å². The molecule has 7 heteroatoms. The fourth-order valence-electron chi connectivity index (χ4n) is 1.69. The van der Waals surface area contributed by atoms with Crippen molar-refractivity contribution in [3.63, 3.8) is 0 Å². The lowest BCUT2D eigenvalue weighted by molar-refractivity contribution is -0.163. The normalized spacial score (nSPS) is 13.5. The molecule has 0 aliphatic heterocycles. The van der Waals surface area contributed by atoms with E-state index in [1.807, 2.05) is 0 Å². The number of carbonyl (C=O) groups excluding carboxylic acids is 1. The van der Waals surface area contributed by atoms with Gasteiger partial charge in [-0.05, 0) is 12.3 Å². The molecule has 0 aromatic heterocycles. The van der Waals surface area contributed by atoms with Crippen molar-refractivity contribution in [1.82, 2.24) is 4.90 Å². The van der Waals surface area contributed by atoms with Gasteiger partial charge in [-0.25, -0.2) is 0 Å². The van der Waals surface area contributed by atoms with Gasteiger partial charge in [0.25, 0.3) is 0 Å². The maximum atomic E-state index is 12.4. The summed E-state index contributed by atoms with van der Waals surface area (Å²) in [6.07, 6.45) is -3.97. The average Bonchev–Trinajstić information content (AvgIpc) is 2.13. The second-order valence-corrected chi connectivity index (χ2v) is 4.97. The largest absolute Gasteiger partial charge is 0.406 e. The number of nitrogens with two attached hydrogens (primary N) is 1. The highest BCUT2D eigenvalue weighted by Gasteiger charge is 2.36. The summed E-state index contributed by atoms with van der Waals surface area (Å²) >= 11 is 4.76. The molecule has 0 saturated carbocycles. The van der Waals surface area contributed by atoms with Crippen molar-refractivity contribution in [2.24, 2.45) is 17.6 Å². The number of thiocarbonyl (C=S) groups is 1. The fraction of sp³-hybridized carbons (Fsp3) is 0.818. The zero-order valence-electron chi connectivity index (χ0n) is 10.8. The highest BCUT2D eigenvalue weighted by Crippen LogP contribution is 2.21. The zero-order valence-corrected chi connectivity index (χ0v) is 11.6. The average molecular weight is 284 g/mol. The molecule has 0 rings (SSSR count). The lowest BCUT2D eigenvalue weighted by Crippen LogP contribution is -2.47. The van der Waals surface area contributed by atoms with Crippen molar-refractivity contribution >= 4 is 23.1 Å². The number of rotatable bonds is 6. The van der Waals surface area contributed by atoms with Gasteiger partial charge in [0.15, 0.2) is 0 Å². The Hall–Kier alpha value is -0.850. The summed E-state index contributed by atoms with van der Waals surface area (Å²) in [4.78, 5) is 12.8. The van der Waals surface area contributed by atoms with E-state index in [0.29, 0.717) is 6.42 Å². The maximum Gasteiger partial charge on any atom is 0.406 e. The molecule has 0 heterocycles. The first-order chi connectivity index (χ1) is 8.10. The highest BCUT2D eigenvalue weighted by molar-refractivity contribution is 7.80. The van der Waals surface area contributed by atoms with Crippen molar-refractivity contribution in [2.75, 3.05) is 13.1 Å². The third-order valence-corrected chi connectivity index (χ3v) is 2.67. The second kappa shape index (κ2) is 6.92. The van der Waals surface area contributed by atoms with E-state index in [0.717, 1.165) is 4.90 Å². The van der Waals surface area contributed by atoms with Crippen LogP contribution in [0.15, 0.2) is 0 Å². The second-order valence-electron chi connectivity index (χ2n) is 4.50. The number of hydrogen-bond donors (Lipinski definition) is 1. The summed E-state index contributed by atoms with van der Waals surface area (Å²) in [6.45, 7) is 3.91.